The molecule has 0 bridgehead atoms. The number of benzene rings is 2. The van der Waals surface area contributed by atoms with Gasteiger partial charge in [0.25, 0.3) is 5.56 Å². The van der Waals surface area contributed by atoms with Crippen molar-refractivity contribution in [3.8, 4) is 11.5 Å². The molecule has 9 nitrogen and oxygen atoms in total. The summed E-state index contributed by atoms with van der Waals surface area (Å²) in [5, 5.41) is 8.89. The van der Waals surface area contributed by atoms with E-state index in [9.17, 15) is 14.4 Å². The Morgan fingerprint density at radius 2 is 1.87 bits per heavy atom. The van der Waals surface area contributed by atoms with Gasteiger partial charge in [0, 0.05) is 0 Å². The van der Waals surface area contributed by atoms with E-state index in [2.05, 4.69) is 18.8 Å². The van der Waals surface area contributed by atoms with Gasteiger partial charge in [-0.2, -0.15) is 0 Å². The molecule has 204 valence electrons. The molecule has 0 radical (unpaired) electrons. The lowest BCUT2D eigenvalue weighted by atomic mass is 9.93. The summed E-state index contributed by atoms with van der Waals surface area (Å²) in [4.78, 5) is 42.8. The van der Waals surface area contributed by atoms with Crippen LogP contribution in [-0.2, 0) is 14.3 Å². The third-order valence-corrected chi connectivity index (χ3v) is 7.26. The highest BCUT2D eigenvalue weighted by molar-refractivity contribution is 7.07. The van der Waals surface area contributed by atoms with E-state index in [0.29, 0.717) is 37.8 Å². The van der Waals surface area contributed by atoms with Crippen molar-refractivity contribution in [2.75, 3.05) is 20.3 Å². The van der Waals surface area contributed by atoms with E-state index in [0.717, 1.165) is 11.1 Å². The molecule has 0 aliphatic carbocycles. The zero-order valence-corrected chi connectivity index (χ0v) is 23.2. The summed E-state index contributed by atoms with van der Waals surface area (Å²) < 4.78 is 17.9. The van der Waals surface area contributed by atoms with Crippen LogP contribution in [0, 0.1) is 0 Å². The van der Waals surface area contributed by atoms with Crippen molar-refractivity contribution >= 4 is 29.4 Å². The highest BCUT2D eigenvalue weighted by atomic mass is 32.1. The fraction of sp³-hybridized carbons (Fsp3) is 0.310. The fourth-order valence-corrected chi connectivity index (χ4v) is 5.40. The van der Waals surface area contributed by atoms with E-state index >= 15 is 0 Å². The molecule has 1 aliphatic heterocycles. The number of hydrogen-bond acceptors (Lipinski definition) is 8. The molecule has 10 heteroatoms. The Labute approximate surface area is 229 Å². The van der Waals surface area contributed by atoms with Crippen molar-refractivity contribution in [2.24, 2.45) is 4.99 Å². The first-order valence-corrected chi connectivity index (χ1v) is 13.3. The minimum Gasteiger partial charge on any atom is -0.493 e. The number of rotatable bonds is 9. The molecule has 1 aromatic heterocycles. The Morgan fingerprint density at radius 3 is 2.49 bits per heavy atom. The van der Waals surface area contributed by atoms with E-state index in [1.165, 1.54) is 18.4 Å². The molecule has 3 aromatic rings. The van der Waals surface area contributed by atoms with Gasteiger partial charge in [-0.3, -0.25) is 9.36 Å². The van der Waals surface area contributed by atoms with Crippen LogP contribution >= 0.6 is 11.3 Å². The van der Waals surface area contributed by atoms with Gasteiger partial charge in [-0.1, -0.05) is 55.5 Å². The molecule has 0 saturated carbocycles. The number of carbonyl (C=O) groups excluding carboxylic acids is 1. The van der Waals surface area contributed by atoms with Crippen LogP contribution in [0.4, 0.5) is 0 Å². The predicted octanol–water partition coefficient (Wildman–Crippen LogP) is 3.39. The number of thiazole rings is 1. The number of aliphatic carboxylic acids is 1. The highest BCUT2D eigenvalue weighted by Gasteiger charge is 2.33. The van der Waals surface area contributed by atoms with Gasteiger partial charge in [0.05, 0.1) is 35.6 Å². The second-order valence-electron chi connectivity index (χ2n) is 9.22. The second-order valence-corrected chi connectivity index (χ2v) is 10.2. The highest BCUT2D eigenvalue weighted by Crippen LogP contribution is 2.32. The van der Waals surface area contributed by atoms with E-state index in [-0.39, 0.29) is 17.9 Å². The minimum atomic E-state index is -1.10. The van der Waals surface area contributed by atoms with Crippen LogP contribution in [0.25, 0.3) is 6.08 Å². The molecule has 4 rings (SSSR count). The summed E-state index contributed by atoms with van der Waals surface area (Å²) in [5.41, 5.74) is 3.12. The number of carboxylic acids is 1. The molecule has 1 atom stereocenters. The Bertz CT molecular complexity index is 1610. The van der Waals surface area contributed by atoms with Crippen molar-refractivity contribution in [2.45, 2.75) is 39.7 Å². The number of aromatic nitrogens is 1. The zero-order valence-electron chi connectivity index (χ0n) is 22.4. The Kier molecular flexibility index (Phi) is 8.35. The van der Waals surface area contributed by atoms with Crippen LogP contribution in [0.5, 0.6) is 11.5 Å². The zero-order chi connectivity index (χ0) is 28.3. The van der Waals surface area contributed by atoms with Gasteiger partial charge in [0.15, 0.2) is 22.9 Å². The van der Waals surface area contributed by atoms with E-state index in [1.54, 1.807) is 42.7 Å². The molecule has 1 aliphatic rings. The maximum Gasteiger partial charge on any atom is 0.341 e. The molecule has 0 saturated heterocycles. The van der Waals surface area contributed by atoms with Gasteiger partial charge in [-0.05, 0) is 54.7 Å². The quantitative estimate of drug-likeness (QED) is 0.406. The maximum atomic E-state index is 13.8. The van der Waals surface area contributed by atoms with Crippen molar-refractivity contribution in [3.05, 3.63) is 90.1 Å². The average Bonchev–Trinajstić information content (AvgIpc) is 3.21. The number of carbonyl (C=O) groups is 2. The Balaban J connectivity index is 1.85. The summed E-state index contributed by atoms with van der Waals surface area (Å²) in [6.07, 6.45) is 1.70. The van der Waals surface area contributed by atoms with Gasteiger partial charge in [-0.25, -0.2) is 14.6 Å². The molecule has 0 spiro atoms. The molecule has 1 N–H and O–H groups in total. The van der Waals surface area contributed by atoms with Gasteiger partial charge in [0.1, 0.15) is 0 Å². The standard InChI is InChI=1S/C29H30N2O7S/c1-6-37-28(35)25-17(4)30-29-31(26(25)20-10-8-19(9-11-20)16(2)3)27(34)23(39-29)14-18-7-12-21(22(13-18)36-5)38-15-24(32)33/h7-14,16,26H,6,15H2,1-5H3,(H,32,33)/b23-14+/t26-/m0/s1. The van der Waals surface area contributed by atoms with Crippen LogP contribution in [0.2, 0.25) is 0 Å². The topological polar surface area (TPSA) is 116 Å². The third kappa shape index (κ3) is 5.80. The van der Waals surface area contributed by atoms with Crippen molar-refractivity contribution in [1.82, 2.24) is 4.57 Å². The van der Waals surface area contributed by atoms with Gasteiger partial charge < -0.3 is 19.3 Å². The lowest BCUT2D eigenvalue weighted by molar-refractivity contribution is -0.140. The molecule has 0 unspecified atom stereocenters. The largest absolute Gasteiger partial charge is 0.493 e. The van der Waals surface area contributed by atoms with Crippen LogP contribution in [-0.4, -0.2) is 41.9 Å². The summed E-state index contributed by atoms with van der Waals surface area (Å²) >= 11 is 1.22. The smallest absolute Gasteiger partial charge is 0.341 e. The molecular weight excluding hydrogens is 520 g/mol. The molecule has 2 heterocycles. The van der Waals surface area contributed by atoms with Crippen LogP contribution < -0.4 is 24.4 Å². The minimum absolute atomic E-state index is 0.201. The first-order chi connectivity index (χ1) is 18.6. The van der Waals surface area contributed by atoms with E-state index in [4.69, 9.17) is 19.3 Å². The summed E-state index contributed by atoms with van der Waals surface area (Å²) in [6.45, 7) is 7.39. The Hall–Kier alpha value is -4.18. The van der Waals surface area contributed by atoms with Crippen molar-refractivity contribution in [1.29, 1.82) is 0 Å². The van der Waals surface area contributed by atoms with Crippen LogP contribution in [0.3, 0.4) is 0 Å². The first-order valence-electron chi connectivity index (χ1n) is 12.5. The molecular formula is C29H30N2O7S. The summed E-state index contributed by atoms with van der Waals surface area (Å²) in [6, 6.07) is 12.2. The van der Waals surface area contributed by atoms with Crippen LogP contribution in [0.1, 0.15) is 56.3 Å². The van der Waals surface area contributed by atoms with Crippen LogP contribution in [0.15, 0.2) is 63.5 Å². The van der Waals surface area contributed by atoms with Crippen molar-refractivity contribution < 1.29 is 28.9 Å². The predicted molar refractivity (Wildman–Crippen MR) is 147 cm³/mol. The van der Waals surface area contributed by atoms with Gasteiger partial charge >= 0.3 is 11.9 Å². The van der Waals surface area contributed by atoms with Crippen molar-refractivity contribution in [3.63, 3.8) is 0 Å². The number of carboxylic acid groups (broad SMARTS) is 1. The first kappa shape index (κ1) is 27.8. The van der Waals surface area contributed by atoms with Gasteiger partial charge in [0.2, 0.25) is 0 Å². The number of ether oxygens (including phenoxy) is 3. The number of allylic oxidation sites excluding steroid dienone is 1. The lowest BCUT2D eigenvalue weighted by Gasteiger charge is -2.25. The lowest BCUT2D eigenvalue weighted by Crippen LogP contribution is -2.39. The normalized spacial score (nSPS) is 15.1. The molecule has 0 amide bonds. The molecule has 2 aromatic carbocycles. The second kappa shape index (κ2) is 11.7. The molecule has 0 fully saturated rings. The fourth-order valence-electron chi connectivity index (χ4n) is 4.35. The van der Waals surface area contributed by atoms with E-state index < -0.39 is 24.6 Å². The number of fused-ring (bicyclic) bond motifs is 1. The monoisotopic (exact) mass is 550 g/mol. The third-order valence-electron chi connectivity index (χ3n) is 6.27. The Morgan fingerprint density at radius 1 is 1.15 bits per heavy atom. The molecule has 39 heavy (non-hydrogen) atoms. The van der Waals surface area contributed by atoms with Gasteiger partial charge in [-0.15, -0.1) is 0 Å². The maximum absolute atomic E-state index is 13.8. The van der Waals surface area contributed by atoms with E-state index in [1.807, 2.05) is 24.3 Å². The summed E-state index contributed by atoms with van der Waals surface area (Å²) in [7, 11) is 1.45. The SMILES string of the molecule is CCOC(=O)C1=C(C)N=c2s/c(=C/c3ccc(OCC(=O)O)c(OC)c3)c(=O)n2[C@H]1c1ccc(C(C)C)cc1. The average molecular weight is 551 g/mol. The number of methoxy groups -OCH3 is 1. The number of hydrogen-bond donors (Lipinski definition) is 1. The number of esters is 1. The number of nitrogens with zero attached hydrogens (tertiary/aromatic N) is 2. The summed E-state index contributed by atoms with van der Waals surface area (Å²) in [5.74, 6) is -0.666.